The molecule has 1 aliphatic carbocycles. The Bertz CT molecular complexity index is 1550. The van der Waals surface area contributed by atoms with Crippen molar-refractivity contribution in [3.05, 3.63) is 83.2 Å². The maximum atomic E-state index is 13.2. The van der Waals surface area contributed by atoms with Crippen molar-refractivity contribution >= 4 is 41.4 Å². The molecule has 0 bridgehead atoms. The maximum absolute atomic E-state index is 13.2. The van der Waals surface area contributed by atoms with Crippen molar-refractivity contribution in [2.75, 3.05) is 7.05 Å². The Balaban J connectivity index is 1.37. The molecule has 2 fully saturated rings. The lowest BCUT2D eigenvalue weighted by atomic mass is 9.58. The topological polar surface area (TPSA) is 100.0 Å². The smallest absolute Gasteiger partial charge is 0.455 e. The number of phenolic OH excluding ortho intramolecular Hbond substituents is 1. The Hall–Kier alpha value is -3.75. The molecule has 3 aromatic rings. The lowest BCUT2D eigenvalue weighted by Gasteiger charge is -2.43. The molecular formula is C33H35BN2O5. The van der Waals surface area contributed by atoms with E-state index in [1.54, 1.807) is 19.3 Å². The minimum atomic E-state index is -0.993. The summed E-state index contributed by atoms with van der Waals surface area (Å²) in [6, 6.07) is 17.2. The van der Waals surface area contributed by atoms with Gasteiger partial charge in [0.05, 0.1) is 23.6 Å². The molecule has 6 rings (SSSR count). The molecule has 2 saturated heterocycles. The van der Waals surface area contributed by atoms with Crippen LogP contribution in [0.15, 0.2) is 71.9 Å². The Morgan fingerprint density at radius 3 is 2.61 bits per heavy atom. The summed E-state index contributed by atoms with van der Waals surface area (Å²) in [7, 11) is 0.583. The summed E-state index contributed by atoms with van der Waals surface area (Å²) in [6.45, 7) is 2.12. The van der Waals surface area contributed by atoms with E-state index in [9.17, 15) is 19.7 Å². The van der Waals surface area contributed by atoms with Crippen molar-refractivity contribution in [1.82, 2.24) is 9.88 Å². The normalized spacial score (nSPS) is 24.7. The first kappa shape index (κ1) is 27.4. The van der Waals surface area contributed by atoms with Crippen molar-refractivity contribution < 1.29 is 24.4 Å². The highest BCUT2D eigenvalue weighted by molar-refractivity contribution is 6.43. The molecule has 4 atom stereocenters. The van der Waals surface area contributed by atoms with Crippen LogP contribution in [0.2, 0.25) is 6.32 Å². The van der Waals surface area contributed by atoms with E-state index >= 15 is 0 Å². The number of amides is 2. The average molecular weight is 550 g/mol. The first-order chi connectivity index (χ1) is 19.9. The summed E-state index contributed by atoms with van der Waals surface area (Å²) >= 11 is 0. The molecule has 0 radical (unpaired) electrons. The third kappa shape index (κ3) is 5.00. The minimum Gasteiger partial charge on any atom is -0.507 e. The van der Waals surface area contributed by atoms with E-state index in [4.69, 9.17) is 4.65 Å². The van der Waals surface area contributed by atoms with Gasteiger partial charge in [-0.2, -0.15) is 0 Å². The summed E-state index contributed by atoms with van der Waals surface area (Å²) in [4.78, 5) is 32.1. The highest BCUT2D eigenvalue weighted by atomic mass is 16.5. The first-order valence-corrected chi connectivity index (χ1v) is 14.6. The van der Waals surface area contributed by atoms with Gasteiger partial charge < -0.3 is 14.8 Å². The first-order valence-electron chi connectivity index (χ1n) is 14.6. The molecule has 8 heteroatoms. The molecule has 3 aliphatic rings. The van der Waals surface area contributed by atoms with E-state index < -0.39 is 13.0 Å². The van der Waals surface area contributed by atoms with Crippen LogP contribution in [0.4, 0.5) is 0 Å². The van der Waals surface area contributed by atoms with E-state index in [1.165, 1.54) is 10.5 Å². The van der Waals surface area contributed by atoms with Gasteiger partial charge in [-0.05, 0) is 84.3 Å². The average Bonchev–Trinajstić information content (AvgIpc) is 3.20. The molecule has 2 amide bonds. The van der Waals surface area contributed by atoms with E-state index in [0.717, 1.165) is 46.0 Å². The van der Waals surface area contributed by atoms with E-state index in [2.05, 4.69) is 18.0 Å². The second kappa shape index (κ2) is 11.3. The van der Waals surface area contributed by atoms with Gasteiger partial charge in [0.15, 0.2) is 0 Å². The largest absolute Gasteiger partial charge is 0.507 e. The van der Waals surface area contributed by atoms with Gasteiger partial charge in [0.2, 0.25) is 11.8 Å². The van der Waals surface area contributed by atoms with E-state index in [1.807, 2.05) is 48.5 Å². The van der Waals surface area contributed by atoms with E-state index in [-0.39, 0.29) is 35.5 Å². The number of pyridine rings is 1. The molecular weight excluding hydrogens is 515 g/mol. The fourth-order valence-corrected chi connectivity index (χ4v) is 7.19. The highest BCUT2D eigenvalue weighted by Gasteiger charge is 2.56. The molecule has 41 heavy (non-hydrogen) atoms. The summed E-state index contributed by atoms with van der Waals surface area (Å²) in [5.74, 6) is -0.984. The number of carbonyl (C=O) groups is 2. The number of phenols is 1. The van der Waals surface area contributed by atoms with Gasteiger partial charge >= 0.3 is 7.12 Å². The summed E-state index contributed by atoms with van der Waals surface area (Å²) in [5, 5.41) is 23.0. The zero-order valence-electron chi connectivity index (χ0n) is 23.5. The van der Waals surface area contributed by atoms with Gasteiger partial charge in [-0.15, -0.1) is 0 Å². The summed E-state index contributed by atoms with van der Waals surface area (Å²) in [6.07, 6.45) is 7.45. The monoisotopic (exact) mass is 550 g/mol. The number of fused-ring (bicyclic) bond motifs is 4. The lowest BCUT2D eigenvalue weighted by Crippen LogP contribution is -2.46. The molecule has 2 N–H and O–H groups in total. The van der Waals surface area contributed by atoms with Crippen molar-refractivity contribution in [3.8, 4) is 5.75 Å². The van der Waals surface area contributed by atoms with Crippen molar-refractivity contribution in [1.29, 1.82) is 0 Å². The zero-order chi connectivity index (χ0) is 28.7. The number of likely N-dealkylation sites (tertiary alicyclic amines) is 1. The van der Waals surface area contributed by atoms with Gasteiger partial charge in [0.1, 0.15) is 5.75 Å². The maximum Gasteiger partial charge on any atom is 0.455 e. The minimum absolute atomic E-state index is 0.105. The number of hydrogen-bond donors (Lipinski definition) is 2. The fourth-order valence-electron chi connectivity index (χ4n) is 7.19. The molecule has 0 saturated carbocycles. The Morgan fingerprint density at radius 1 is 1.07 bits per heavy atom. The quantitative estimate of drug-likeness (QED) is 0.229. The number of aromatic nitrogens is 1. The van der Waals surface area contributed by atoms with Crippen LogP contribution in [0.1, 0.15) is 50.3 Å². The number of allylic oxidation sites excluding steroid dienone is 2. The Kier molecular flexibility index (Phi) is 7.53. The number of rotatable bonds is 7. The fraction of sp³-hybridized carbons (Fsp3) is 0.364. The predicted molar refractivity (Wildman–Crippen MR) is 159 cm³/mol. The zero-order valence-corrected chi connectivity index (χ0v) is 23.5. The van der Waals surface area contributed by atoms with Crippen LogP contribution in [-0.2, 0) is 14.2 Å². The number of aromatic hydroxyl groups is 1. The molecule has 7 nitrogen and oxygen atoms in total. The molecule has 210 valence electrons. The third-order valence-corrected chi connectivity index (χ3v) is 9.01. The number of carbonyl (C=O) groups excluding carboxylic acids is 2. The van der Waals surface area contributed by atoms with Crippen LogP contribution in [0.5, 0.6) is 5.75 Å². The number of hydrogen-bond acceptors (Lipinski definition) is 6. The van der Waals surface area contributed by atoms with Crippen LogP contribution >= 0.6 is 0 Å². The molecule has 0 spiro atoms. The van der Waals surface area contributed by atoms with Crippen LogP contribution in [0.25, 0.3) is 22.4 Å². The molecule has 3 heterocycles. The van der Waals surface area contributed by atoms with Gasteiger partial charge in [0.25, 0.3) is 0 Å². The van der Waals surface area contributed by atoms with Crippen LogP contribution < -0.4 is 0 Å². The van der Waals surface area contributed by atoms with Crippen LogP contribution in [0.3, 0.4) is 0 Å². The van der Waals surface area contributed by atoms with Crippen molar-refractivity contribution in [3.63, 3.8) is 0 Å². The second-order valence-electron chi connectivity index (χ2n) is 11.4. The number of nitrogens with zero attached hydrogens (tertiary/aromatic N) is 2. The second-order valence-corrected chi connectivity index (χ2v) is 11.4. The number of benzene rings is 2. The van der Waals surface area contributed by atoms with Gasteiger partial charge in [-0.3, -0.25) is 19.5 Å². The predicted octanol–water partition coefficient (Wildman–Crippen LogP) is 5.49. The molecule has 1 aromatic heterocycles. The lowest BCUT2D eigenvalue weighted by molar-refractivity contribution is -0.138. The summed E-state index contributed by atoms with van der Waals surface area (Å²) < 4.78 is 6.20. The number of imide groups is 1. The standard InChI is InChI=1S/C33H35BN2O5/c1-3-8-22-18-25-31(33(39)36(2)32(25)38)26-19-34(40)41-29(30(22)26)15-13-21(27-11-6-7-16-35-27)17-20-12-14-28(37)24-10-5-4-9-23(20)24/h4-7,9-12,14,16-17,25-26,29,31,37,40H,3,8,13,15,18-19H2,1-2H3/b21-17-/t25-,26+,29-,31-/m1/s1. The van der Waals surface area contributed by atoms with Crippen LogP contribution in [-0.4, -0.2) is 52.1 Å². The molecule has 0 unspecified atom stereocenters. The van der Waals surface area contributed by atoms with Crippen molar-refractivity contribution in [2.45, 2.75) is 51.5 Å². The van der Waals surface area contributed by atoms with E-state index in [0.29, 0.717) is 25.6 Å². The SMILES string of the molecule is CCCC1=C2[C@@H](CC/C(=C/c3ccc(O)c4ccccc34)c3ccccn3)OB(O)C[C@@H]2[C@@H]2C(=O)N(C)C(=O)[C@@H]2C1. The van der Waals surface area contributed by atoms with Gasteiger partial charge in [-0.25, -0.2) is 0 Å². The van der Waals surface area contributed by atoms with Gasteiger partial charge in [-0.1, -0.05) is 55.3 Å². The highest BCUT2D eigenvalue weighted by Crippen LogP contribution is 2.51. The summed E-state index contributed by atoms with van der Waals surface area (Å²) in [5.41, 5.74) is 5.17. The molecule has 2 aromatic carbocycles. The van der Waals surface area contributed by atoms with Crippen LogP contribution in [0, 0.1) is 17.8 Å². The third-order valence-electron chi connectivity index (χ3n) is 9.01. The molecule has 2 aliphatic heterocycles. The van der Waals surface area contributed by atoms with Crippen molar-refractivity contribution in [2.24, 2.45) is 17.8 Å². The van der Waals surface area contributed by atoms with Gasteiger partial charge in [0, 0.05) is 18.6 Å². The Labute approximate surface area is 240 Å². The Morgan fingerprint density at radius 2 is 1.85 bits per heavy atom.